The highest BCUT2D eigenvalue weighted by atomic mass is 35.5. The van der Waals surface area contributed by atoms with Crippen LogP contribution in [0, 0.1) is 11.7 Å². The molecule has 1 fully saturated rings. The molecule has 0 unspecified atom stereocenters. The van der Waals surface area contributed by atoms with Gasteiger partial charge in [-0.15, -0.1) is 0 Å². The van der Waals surface area contributed by atoms with E-state index in [1.165, 1.54) is 18.7 Å². The Morgan fingerprint density at radius 3 is 2.67 bits per heavy atom. The Hall–Kier alpha value is -2.93. The number of rotatable bonds is 4. The number of benzene rings is 1. The number of carbonyl (C=O) groups excluding carboxylic acids is 1. The number of nitrogens with zero attached hydrogens (tertiary/aromatic N) is 3. The lowest BCUT2D eigenvalue weighted by molar-refractivity contribution is -0.146. The smallest absolute Gasteiger partial charge is 0.308 e. The molecule has 1 aliphatic rings. The maximum atomic E-state index is 14.0. The fraction of sp³-hybridized carbons (Fsp3) is 0.400. The minimum Gasteiger partial charge on any atom is -0.469 e. The van der Waals surface area contributed by atoms with Gasteiger partial charge in [0.2, 0.25) is 0 Å². The number of methoxy groups -OCH3 is 1. The first-order chi connectivity index (χ1) is 15.9. The third kappa shape index (κ3) is 3.68. The molecule has 0 spiro atoms. The molecule has 33 heavy (non-hydrogen) atoms. The molecule has 1 N–H and O–H groups in total. The molecule has 5 rings (SSSR count). The Labute approximate surface area is 196 Å². The molecule has 0 bridgehead atoms. The number of hydrogen-bond donors (Lipinski definition) is 1. The number of pyridine rings is 1. The van der Waals surface area contributed by atoms with Crippen molar-refractivity contribution in [1.29, 1.82) is 0 Å². The molecule has 1 saturated carbocycles. The van der Waals surface area contributed by atoms with Crippen LogP contribution in [0.5, 0.6) is 0 Å². The van der Waals surface area contributed by atoms with Crippen molar-refractivity contribution in [3.8, 4) is 5.69 Å². The van der Waals surface area contributed by atoms with E-state index in [0.717, 1.165) is 59.1 Å². The molecule has 3 aromatic heterocycles. The van der Waals surface area contributed by atoms with E-state index in [9.17, 15) is 9.18 Å². The van der Waals surface area contributed by atoms with Crippen LogP contribution in [0.3, 0.4) is 0 Å². The van der Waals surface area contributed by atoms with Crippen LogP contribution in [0.2, 0.25) is 5.02 Å². The van der Waals surface area contributed by atoms with Gasteiger partial charge in [-0.3, -0.25) is 9.89 Å². The van der Waals surface area contributed by atoms with E-state index < -0.39 is 5.82 Å². The minimum atomic E-state index is -0.445. The summed E-state index contributed by atoms with van der Waals surface area (Å²) >= 11 is 6.18. The number of ether oxygens (including phenoxy) is 1. The number of nitrogens with one attached hydrogen (secondary N) is 1. The van der Waals surface area contributed by atoms with Crippen molar-refractivity contribution in [2.45, 2.75) is 51.4 Å². The zero-order chi connectivity index (χ0) is 23.3. The number of hydrogen-bond acceptors (Lipinski definition) is 4. The summed E-state index contributed by atoms with van der Waals surface area (Å²) in [4.78, 5) is 17.0. The van der Waals surface area contributed by atoms with Gasteiger partial charge in [0.15, 0.2) is 5.65 Å². The molecule has 3 heterocycles. The monoisotopic (exact) mass is 468 g/mol. The van der Waals surface area contributed by atoms with Crippen molar-refractivity contribution in [2.24, 2.45) is 5.92 Å². The maximum absolute atomic E-state index is 14.0. The summed E-state index contributed by atoms with van der Waals surface area (Å²) in [5.74, 6) is -0.174. The van der Waals surface area contributed by atoms with E-state index in [1.807, 2.05) is 0 Å². The predicted molar refractivity (Wildman–Crippen MR) is 126 cm³/mol. The maximum Gasteiger partial charge on any atom is 0.308 e. The average Bonchev–Trinajstić information content (AvgIpc) is 3.40. The van der Waals surface area contributed by atoms with Gasteiger partial charge in [0, 0.05) is 22.3 Å². The molecule has 8 heteroatoms. The second-order valence-electron chi connectivity index (χ2n) is 9.12. The number of aromatic nitrogens is 4. The number of H-pyrrole nitrogens is 1. The lowest BCUT2D eigenvalue weighted by Gasteiger charge is -2.28. The van der Waals surface area contributed by atoms with Crippen LogP contribution in [0.4, 0.5) is 4.39 Å². The first kappa shape index (κ1) is 21.9. The summed E-state index contributed by atoms with van der Waals surface area (Å²) in [7, 11) is 1.45. The molecule has 1 aliphatic carbocycles. The predicted octanol–water partition coefficient (Wildman–Crippen LogP) is 6.26. The molecule has 6 nitrogen and oxygen atoms in total. The minimum absolute atomic E-state index is 0.0507. The normalized spacial score (nSPS) is 19.0. The Balaban J connectivity index is 1.73. The molecular formula is C25H26ClFN4O2. The summed E-state index contributed by atoms with van der Waals surface area (Å²) in [6.07, 6.45) is 5.09. The second kappa shape index (κ2) is 8.45. The molecule has 1 aromatic carbocycles. The summed E-state index contributed by atoms with van der Waals surface area (Å²) in [5.41, 5.74) is 5.73. The standard InChI is InChI=1S/C25H26ClFN4O2/c1-13(2)23-21(14-4-6-15(7-5-14)25(32)33-3)22-20(10-16-12-28-30-24(16)29-22)31(23)17-8-9-19(27)18(26)11-17/h8-15H,4-7H2,1-3H3,(H,28,29,30)/t14-,15-. The highest BCUT2D eigenvalue weighted by Gasteiger charge is 2.33. The first-order valence-corrected chi connectivity index (χ1v) is 11.7. The van der Waals surface area contributed by atoms with Crippen LogP contribution in [-0.2, 0) is 9.53 Å². The van der Waals surface area contributed by atoms with E-state index in [1.54, 1.807) is 18.3 Å². The Bertz CT molecular complexity index is 1350. The highest BCUT2D eigenvalue weighted by Crippen LogP contribution is 2.45. The summed E-state index contributed by atoms with van der Waals surface area (Å²) in [6.45, 7) is 4.32. The van der Waals surface area contributed by atoms with Gasteiger partial charge in [-0.2, -0.15) is 5.10 Å². The van der Waals surface area contributed by atoms with Gasteiger partial charge in [0.1, 0.15) is 5.82 Å². The topological polar surface area (TPSA) is 72.8 Å². The van der Waals surface area contributed by atoms with Gasteiger partial charge in [-0.05, 0) is 61.8 Å². The van der Waals surface area contributed by atoms with Crippen molar-refractivity contribution < 1.29 is 13.9 Å². The second-order valence-corrected chi connectivity index (χ2v) is 9.53. The zero-order valence-corrected chi connectivity index (χ0v) is 19.6. The zero-order valence-electron chi connectivity index (χ0n) is 18.9. The highest BCUT2D eigenvalue weighted by molar-refractivity contribution is 6.30. The van der Waals surface area contributed by atoms with Gasteiger partial charge in [0.05, 0.1) is 35.3 Å². The Morgan fingerprint density at radius 2 is 2.00 bits per heavy atom. The van der Waals surface area contributed by atoms with Crippen molar-refractivity contribution in [3.63, 3.8) is 0 Å². The van der Waals surface area contributed by atoms with Crippen molar-refractivity contribution in [1.82, 2.24) is 19.7 Å². The molecule has 172 valence electrons. The molecule has 0 radical (unpaired) electrons. The molecule has 0 saturated heterocycles. The van der Waals surface area contributed by atoms with Crippen molar-refractivity contribution >= 4 is 39.6 Å². The average molecular weight is 469 g/mol. The molecule has 0 aliphatic heterocycles. The lowest BCUT2D eigenvalue weighted by atomic mass is 9.77. The third-order valence-electron chi connectivity index (χ3n) is 6.80. The third-order valence-corrected chi connectivity index (χ3v) is 7.09. The van der Waals surface area contributed by atoms with Gasteiger partial charge in [-0.25, -0.2) is 9.37 Å². The number of fused-ring (bicyclic) bond motifs is 2. The number of aromatic amines is 1. The van der Waals surface area contributed by atoms with Crippen LogP contribution in [-0.4, -0.2) is 32.8 Å². The largest absolute Gasteiger partial charge is 0.469 e. The summed E-state index contributed by atoms with van der Waals surface area (Å²) in [6, 6.07) is 6.90. The van der Waals surface area contributed by atoms with Crippen molar-refractivity contribution in [2.75, 3.05) is 7.11 Å². The number of esters is 1. The fourth-order valence-electron chi connectivity index (χ4n) is 5.27. The van der Waals surface area contributed by atoms with Crippen molar-refractivity contribution in [3.05, 3.63) is 52.6 Å². The van der Waals surface area contributed by atoms with E-state index in [4.69, 9.17) is 21.3 Å². The molecule has 0 amide bonds. The van der Waals surface area contributed by atoms with Crippen LogP contribution >= 0.6 is 11.6 Å². The van der Waals surface area contributed by atoms with Gasteiger partial charge >= 0.3 is 5.97 Å². The summed E-state index contributed by atoms with van der Waals surface area (Å²) in [5, 5.41) is 8.13. The van der Waals surface area contributed by atoms with E-state index >= 15 is 0 Å². The van der Waals surface area contributed by atoms with Crippen LogP contribution < -0.4 is 0 Å². The van der Waals surface area contributed by atoms with Crippen LogP contribution in [0.15, 0.2) is 30.5 Å². The van der Waals surface area contributed by atoms with E-state index in [0.29, 0.717) is 0 Å². The fourth-order valence-corrected chi connectivity index (χ4v) is 5.44. The van der Waals surface area contributed by atoms with Crippen LogP contribution in [0.25, 0.3) is 27.8 Å². The quantitative estimate of drug-likeness (QED) is 0.358. The van der Waals surface area contributed by atoms with E-state index in [2.05, 4.69) is 34.7 Å². The van der Waals surface area contributed by atoms with Crippen LogP contribution in [0.1, 0.15) is 62.6 Å². The Morgan fingerprint density at radius 1 is 1.24 bits per heavy atom. The molecule has 0 atom stereocenters. The lowest BCUT2D eigenvalue weighted by Crippen LogP contribution is -2.22. The molecular weight excluding hydrogens is 443 g/mol. The first-order valence-electron chi connectivity index (χ1n) is 11.3. The summed E-state index contributed by atoms with van der Waals surface area (Å²) < 4.78 is 21.1. The van der Waals surface area contributed by atoms with Gasteiger partial charge < -0.3 is 9.30 Å². The van der Waals surface area contributed by atoms with Gasteiger partial charge in [-0.1, -0.05) is 25.4 Å². The Kier molecular flexibility index (Phi) is 5.60. The SMILES string of the molecule is COC(=O)[C@H]1CC[C@H](c2c(C(C)C)n(-c3ccc(F)c(Cl)c3)c3cc4cn[nH]c4nc32)CC1. The van der Waals surface area contributed by atoms with E-state index in [-0.39, 0.29) is 28.7 Å². The number of carbonyl (C=O) groups is 1. The van der Waals surface area contributed by atoms with Gasteiger partial charge in [0.25, 0.3) is 0 Å². The molecule has 4 aromatic rings. The number of halogens is 2.